The zero-order valence-electron chi connectivity index (χ0n) is 15.9. The van der Waals surface area contributed by atoms with Gasteiger partial charge in [0.05, 0.1) is 6.04 Å². The third-order valence-electron chi connectivity index (χ3n) is 5.17. The van der Waals surface area contributed by atoms with E-state index in [4.69, 9.17) is 0 Å². The van der Waals surface area contributed by atoms with E-state index in [1.165, 1.54) is 16.6 Å². The van der Waals surface area contributed by atoms with Crippen molar-refractivity contribution in [1.29, 1.82) is 0 Å². The molecule has 6 heteroatoms. The van der Waals surface area contributed by atoms with Gasteiger partial charge in [0.25, 0.3) is 0 Å². The first kappa shape index (κ1) is 18.1. The fourth-order valence-corrected chi connectivity index (χ4v) is 3.82. The molecule has 28 heavy (non-hydrogen) atoms. The zero-order chi connectivity index (χ0) is 19.5. The van der Waals surface area contributed by atoms with Crippen LogP contribution in [0.15, 0.2) is 60.7 Å². The second kappa shape index (κ2) is 7.76. The van der Waals surface area contributed by atoms with Crippen LogP contribution in [0.3, 0.4) is 0 Å². The van der Waals surface area contributed by atoms with Crippen LogP contribution in [0.4, 0.5) is 10.5 Å². The summed E-state index contributed by atoms with van der Waals surface area (Å²) in [6, 6.07) is 19.5. The highest BCUT2D eigenvalue weighted by atomic mass is 16.2. The van der Waals surface area contributed by atoms with Crippen molar-refractivity contribution >= 4 is 28.5 Å². The minimum Gasteiger partial charge on any atom is -0.343 e. The Kier molecular flexibility index (Phi) is 5.02. The topological polar surface area (TPSA) is 66.4 Å². The van der Waals surface area contributed by atoms with Crippen LogP contribution in [0.25, 0.3) is 10.9 Å². The van der Waals surface area contributed by atoms with E-state index < -0.39 is 0 Å². The molecule has 1 aliphatic rings. The second-order valence-electron chi connectivity index (χ2n) is 7.14. The molecule has 1 aromatic heterocycles. The molecule has 2 heterocycles. The Morgan fingerprint density at radius 2 is 1.86 bits per heavy atom. The van der Waals surface area contributed by atoms with Crippen LogP contribution in [-0.2, 0) is 11.3 Å². The van der Waals surface area contributed by atoms with Crippen LogP contribution in [0, 0.1) is 6.92 Å². The molecule has 1 atom stereocenters. The number of para-hydroxylation sites is 2. The van der Waals surface area contributed by atoms with Gasteiger partial charge in [0, 0.05) is 43.0 Å². The van der Waals surface area contributed by atoms with E-state index in [9.17, 15) is 9.59 Å². The van der Waals surface area contributed by atoms with E-state index in [1.54, 1.807) is 4.90 Å². The lowest BCUT2D eigenvalue weighted by atomic mass is 10.2. The van der Waals surface area contributed by atoms with E-state index in [0.29, 0.717) is 26.1 Å². The second-order valence-corrected chi connectivity index (χ2v) is 7.14. The average Bonchev–Trinajstić information content (AvgIpc) is 3.21. The Bertz CT molecular complexity index is 996. The number of nitrogens with zero attached hydrogens (tertiary/aromatic N) is 2. The zero-order valence-corrected chi connectivity index (χ0v) is 15.9. The smallest absolute Gasteiger partial charge is 0.315 e. The van der Waals surface area contributed by atoms with Gasteiger partial charge in [-0.25, -0.2) is 4.79 Å². The lowest BCUT2D eigenvalue weighted by molar-refractivity contribution is -0.117. The number of carbonyl (C=O) groups is 2. The van der Waals surface area contributed by atoms with Gasteiger partial charge in [0.2, 0.25) is 5.91 Å². The number of hydrogen-bond acceptors (Lipinski definition) is 2. The Morgan fingerprint density at radius 3 is 2.68 bits per heavy atom. The molecule has 2 aromatic carbocycles. The molecule has 144 valence electrons. The number of benzene rings is 2. The first-order valence-corrected chi connectivity index (χ1v) is 9.56. The normalized spacial score (nSPS) is 16.5. The lowest BCUT2D eigenvalue weighted by Crippen LogP contribution is -2.44. The van der Waals surface area contributed by atoms with E-state index in [2.05, 4.69) is 40.3 Å². The fourth-order valence-electron chi connectivity index (χ4n) is 3.82. The molecule has 6 nitrogen and oxygen atoms in total. The first-order valence-electron chi connectivity index (χ1n) is 9.56. The lowest BCUT2D eigenvalue weighted by Gasteiger charge is -2.17. The van der Waals surface area contributed by atoms with Gasteiger partial charge in [-0.1, -0.05) is 36.4 Å². The van der Waals surface area contributed by atoms with E-state index in [-0.39, 0.29) is 18.0 Å². The molecule has 0 saturated carbocycles. The van der Waals surface area contributed by atoms with Crippen LogP contribution < -0.4 is 15.5 Å². The highest BCUT2D eigenvalue weighted by molar-refractivity contribution is 5.96. The van der Waals surface area contributed by atoms with E-state index in [1.807, 2.05) is 42.5 Å². The SMILES string of the molecule is Cc1cc2ccccc2n1CCNC(=O)NC1CC(=O)N(c2ccccc2)C1. The number of anilines is 1. The molecular formula is C22H24N4O2. The summed E-state index contributed by atoms with van der Waals surface area (Å²) in [6.45, 7) is 3.79. The first-order chi connectivity index (χ1) is 13.6. The maximum Gasteiger partial charge on any atom is 0.315 e. The van der Waals surface area contributed by atoms with Crippen LogP contribution in [0.1, 0.15) is 12.1 Å². The summed E-state index contributed by atoms with van der Waals surface area (Å²) in [5.74, 6) is 0.0333. The summed E-state index contributed by atoms with van der Waals surface area (Å²) in [7, 11) is 0. The Labute approximate surface area is 164 Å². The molecule has 1 fully saturated rings. The molecule has 1 saturated heterocycles. The molecule has 0 aliphatic carbocycles. The number of urea groups is 1. The predicted octanol–water partition coefficient (Wildman–Crippen LogP) is 3.05. The van der Waals surface area contributed by atoms with Crippen molar-refractivity contribution in [1.82, 2.24) is 15.2 Å². The Hall–Kier alpha value is -3.28. The van der Waals surface area contributed by atoms with Gasteiger partial charge in [-0.15, -0.1) is 0 Å². The highest BCUT2D eigenvalue weighted by Crippen LogP contribution is 2.21. The maximum absolute atomic E-state index is 12.3. The highest BCUT2D eigenvalue weighted by Gasteiger charge is 2.31. The van der Waals surface area contributed by atoms with Crippen LogP contribution in [-0.4, -0.2) is 35.6 Å². The minimum absolute atomic E-state index is 0.0333. The van der Waals surface area contributed by atoms with Crippen molar-refractivity contribution in [2.45, 2.75) is 25.9 Å². The van der Waals surface area contributed by atoms with Gasteiger partial charge in [-0.3, -0.25) is 4.79 Å². The average molecular weight is 376 g/mol. The number of carbonyl (C=O) groups excluding carboxylic acids is 2. The summed E-state index contributed by atoms with van der Waals surface area (Å²) < 4.78 is 2.20. The van der Waals surface area contributed by atoms with Gasteiger partial charge >= 0.3 is 6.03 Å². The van der Waals surface area contributed by atoms with Crippen molar-refractivity contribution in [3.63, 3.8) is 0 Å². The molecular weight excluding hydrogens is 352 g/mol. The van der Waals surface area contributed by atoms with E-state index in [0.717, 1.165) is 5.69 Å². The fraction of sp³-hybridized carbons (Fsp3) is 0.273. The largest absolute Gasteiger partial charge is 0.343 e. The number of nitrogens with one attached hydrogen (secondary N) is 2. The van der Waals surface area contributed by atoms with Gasteiger partial charge in [0.15, 0.2) is 0 Å². The molecule has 0 bridgehead atoms. The summed E-state index contributed by atoms with van der Waals surface area (Å²) >= 11 is 0. The number of aromatic nitrogens is 1. The van der Waals surface area contributed by atoms with Crippen LogP contribution in [0.5, 0.6) is 0 Å². The van der Waals surface area contributed by atoms with Crippen molar-refractivity contribution < 1.29 is 9.59 Å². The minimum atomic E-state index is -0.234. The van der Waals surface area contributed by atoms with Crippen LogP contribution >= 0.6 is 0 Å². The van der Waals surface area contributed by atoms with Gasteiger partial charge < -0.3 is 20.1 Å². The molecule has 3 amide bonds. The molecule has 4 rings (SSSR count). The number of amides is 3. The number of fused-ring (bicyclic) bond motifs is 1. The summed E-state index contributed by atoms with van der Waals surface area (Å²) in [6.07, 6.45) is 0.323. The van der Waals surface area contributed by atoms with Gasteiger partial charge in [-0.05, 0) is 36.6 Å². The number of hydrogen-bond donors (Lipinski definition) is 2. The van der Waals surface area contributed by atoms with Gasteiger partial charge in [-0.2, -0.15) is 0 Å². The third-order valence-corrected chi connectivity index (χ3v) is 5.17. The third kappa shape index (κ3) is 3.71. The van der Waals surface area contributed by atoms with Gasteiger partial charge in [0.1, 0.15) is 0 Å². The Balaban J connectivity index is 1.29. The van der Waals surface area contributed by atoms with Crippen molar-refractivity contribution in [2.75, 3.05) is 18.0 Å². The number of aryl methyl sites for hydroxylation is 1. The van der Waals surface area contributed by atoms with Crippen molar-refractivity contribution in [3.8, 4) is 0 Å². The molecule has 3 aromatic rings. The van der Waals surface area contributed by atoms with Crippen molar-refractivity contribution in [3.05, 3.63) is 66.4 Å². The standard InChI is InChI=1S/C22H24N4O2/c1-16-13-17-7-5-6-10-20(17)25(16)12-11-23-22(28)24-18-14-21(27)26(15-18)19-8-3-2-4-9-19/h2-10,13,18H,11-12,14-15H2,1H3,(H2,23,24,28). The molecule has 0 spiro atoms. The molecule has 0 radical (unpaired) electrons. The summed E-state index contributed by atoms with van der Waals surface area (Å²) in [5, 5.41) is 7.03. The van der Waals surface area contributed by atoms with Crippen LogP contribution in [0.2, 0.25) is 0 Å². The van der Waals surface area contributed by atoms with Crippen molar-refractivity contribution in [2.24, 2.45) is 0 Å². The predicted molar refractivity (Wildman–Crippen MR) is 110 cm³/mol. The summed E-state index contributed by atoms with van der Waals surface area (Å²) in [5.41, 5.74) is 3.21. The number of rotatable bonds is 5. The molecule has 2 N–H and O–H groups in total. The van der Waals surface area contributed by atoms with E-state index >= 15 is 0 Å². The molecule has 1 unspecified atom stereocenters. The Morgan fingerprint density at radius 1 is 1.11 bits per heavy atom. The monoisotopic (exact) mass is 376 g/mol. The molecule has 1 aliphatic heterocycles. The quantitative estimate of drug-likeness (QED) is 0.719. The summed E-state index contributed by atoms with van der Waals surface area (Å²) in [4.78, 5) is 26.2. The maximum atomic E-state index is 12.3.